The summed E-state index contributed by atoms with van der Waals surface area (Å²) >= 11 is 0. The number of pyridine rings is 1. The summed E-state index contributed by atoms with van der Waals surface area (Å²) in [5.74, 6) is -0.209. The van der Waals surface area contributed by atoms with E-state index in [1.807, 2.05) is 49.4 Å². The molecule has 25 heavy (non-hydrogen) atoms. The van der Waals surface area contributed by atoms with Crippen LogP contribution in [0.1, 0.15) is 5.56 Å². The van der Waals surface area contributed by atoms with Crippen LogP contribution >= 0.6 is 0 Å². The summed E-state index contributed by atoms with van der Waals surface area (Å²) < 4.78 is 0. The van der Waals surface area contributed by atoms with Crippen LogP contribution < -0.4 is 10.6 Å². The first-order valence-electron chi connectivity index (χ1n) is 7.70. The first-order chi connectivity index (χ1) is 12.1. The molecule has 0 bridgehead atoms. The molecule has 0 fully saturated rings. The number of nitrogens with zero attached hydrogens (tertiary/aromatic N) is 3. The van der Waals surface area contributed by atoms with Gasteiger partial charge in [-0.15, -0.1) is 0 Å². The minimum atomic E-state index is -0.986. The molecule has 7 nitrogen and oxygen atoms in total. The van der Waals surface area contributed by atoms with Gasteiger partial charge < -0.3 is 15.7 Å². The van der Waals surface area contributed by atoms with E-state index in [9.17, 15) is 4.79 Å². The van der Waals surface area contributed by atoms with Gasteiger partial charge in [0.2, 0.25) is 5.95 Å². The second kappa shape index (κ2) is 7.39. The molecule has 0 aliphatic heterocycles. The topological polar surface area (TPSA) is 100 Å². The average Bonchev–Trinajstić information content (AvgIpc) is 2.62. The Labute approximate surface area is 144 Å². The summed E-state index contributed by atoms with van der Waals surface area (Å²) in [6, 6.07) is 15.1. The van der Waals surface area contributed by atoms with E-state index in [-0.39, 0.29) is 12.5 Å². The number of nitrogens with one attached hydrogen (secondary N) is 2. The second-order valence-electron chi connectivity index (χ2n) is 5.36. The number of aryl methyl sites for hydroxylation is 1. The summed E-state index contributed by atoms with van der Waals surface area (Å²) in [6.45, 7) is 1.72. The number of carboxylic acids is 1. The third-order valence-electron chi connectivity index (χ3n) is 3.46. The molecule has 0 spiro atoms. The fourth-order valence-electron chi connectivity index (χ4n) is 2.24. The highest BCUT2D eigenvalue weighted by Gasteiger charge is 2.09. The standard InChI is InChI=1S/C18H17N5O2/c1-12-6-2-3-7-13(12)21-16-10-15(14-8-4-5-9-19-14)22-18(23-16)20-11-17(24)25/h2-10H,11H2,1H3,(H,24,25)(H2,20,21,22,23). The van der Waals surface area contributed by atoms with Crippen LogP contribution in [0.15, 0.2) is 54.7 Å². The van der Waals surface area contributed by atoms with Crippen LogP contribution in [0.4, 0.5) is 17.5 Å². The van der Waals surface area contributed by atoms with Gasteiger partial charge in [0.15, 0.2) is 0 Å². The number of hydrogen-bond acceptors (Lipinski definition) is 6. The van der Waals surface area contributed by atoms with Gasteiger partial charge in [0, 0.05) is 18.0 Å². The van der Waals surface area contributed by atoms with Gasteiger partial charge in [0.1, 0.15) is 12.4 Å². The highest BCUT2D eigenvalue weighted by molar-refractivity contribution is 5.73. The fourth-order valence-corrected chi connectivity index (χ4v) is 2.24. The second-order valence-corrected chi connectivity index (χ2v) is 5.36. The summed E-state index contributed by atoms with van der Waals surface area (Å²) in [5, 5.41) is 14.8. The van der Waals surface area contributed by atoms with Crippen LogP contribution in [-0.2, 0) is 4.79 Å². The first kappa shape index (κ1) is 16.4. The van der Waals surface area contributed by atoms with Gasteiger partial charge >= 0.3 is 5.97 Å². The molecule has 0 aliphatic rings. The number of anilines is 3. The van der Waals surface area contributed by atoms with E-state index in [1.165, 1.54) is 0 Å². The van der Waals surface area contributed by atoms with Crippen molar-refractivity contribution >= 4 is 23.4 Å². The van der Waals surface area contributed by atoms with Crippen molar-refractivity contribution in [1.29, 1.82) is 0 Å². The minimum Gasteiger partial charge on any atom is -0.480 e. The zero-order valence-corrected chi connectivity index (χ0v) is 13.6. The molecule has 0 radical (unpaired) electrons. The van der Waals surface area contributed by atoms with Crippen molar-refractivity contribution < 1.29 is 9.90 Å². The number of carbonyl (C=O) groups is 1. The predicted molar refractivity (Wildman–Crippen MR) is 95.9 cm³/mol. The van der Waals surface area contributed by atoms with Gasteiger partial charge in [-0.25, -0.2) is 4.98 Å². The van der Waals surface area contributed by atoms with E-state index in [0.717, 1.165) is 11.3 Å². The molecule has 0 saturated carbocycles. The molecule has 0 saturated heterocycles. The third-order valence-corrected chi connectivity index (χ3v) is 3.46. The van der Waals surface area contributed by atoms with E-state index < -0.39 is 5.97 Å². The van der Waals surface area contributed by atoms with Crippen LogP contribution in [-0.4, -0.2) is 32.6 Å². The fraction of sp³-hybridized carbons (Fsp3) is 0.111. The number of para-hydroxylation sites is 1. The van der Waals surface area contributed by atoms with Crippen LogP contribution in [0.3, 0.4) is 0 Å². The maximum Gasteiger partial charge on any atom is 0.322 e. The quantitative estimate of drug-likeness (QED) is 0.636. The van der Waals surface area contributed by atoms with Crippen molar-refractivity contribution in [2.75, 3.05) is 17.2 Å². The molecule has 3 rings (SSSR count). The molecular formula is C18H17N5O2. The Hall–Kier alpha value is -3.48. The Morgan fingerprint density at radius 1 is 1.08 bits per heavy atom. The Balaban J connectivity index is 1.97. The van der Waals surface area contributed by atoms with E-state index in [1.54, 1.807) is 12.3 Å². The molecule has 0 aliphatic carbocycles. The number of carboxylic acid groups (broad SMARTS) is 1. The lowest BCUT2D eigenvalue weighted by Gasteiger charge is -2.12. The largest absolute Gasteiger partial charge is 0.480 e. The lowest BCUT2D eigenvalue weighted by molar-refractivity contribution is -0.134. The lowest BCUT2D eigenvalue weighted by Crippen LogP contribution is -2.15. The van der Waals surface area contributed by atoms with E-state index in [2.05, 4.69) is 25.6 Å². The minimum absolute atomic E-state index is 0.224. The van der Waals surface area contributed by atoms with Gasteiger partial charge in [0.05, 0.1) is 11.4 Å². The Morgan fingerprint density at radius 3 is 2.60 bits per heavy atom. The van der Waals surface area contributed by atoms with E-state index in [0.29, 0.717) is 17.2 Å². The molecule has 2 aromatic heterocycles. The Bertz CT molecular complexity index is 884. The SMILES string of the molecule is Cc1ccccc1Nc1cc(-c2ccccn2)nc(NCC(=O)O)n1. The zero-order valence-electron chi connectivity index (χ0n) is 13.6. The van der Waals surface area contributed by atoms with Crippen LogP contribution in [0.5, 0.6) is 0 Å². The number of benzene rings is 1. The number of hydrogen-bond donors (Lipinski definition) is 3. The molecular weight excluding hydrogens is 318 g/mol. The monoisotopic (exact) mass is 335 g/mol. The van der Waals surface area contributed by atoms with Gasteiger partial charge in [-0.3, -0.25) is 9.78 Å². The summed E-state index contributed by atoms with van der Waals surface area (Å²) in [6.07, 6.45) is 1.68. The number of rotatable bonds is 6. The summed E-state index contributed by atoms with van der Waals surface area (Å²) in [5.41, 5.74) is 3.26. The lowest BCUT2D eigenvalue weighted by atomic mass is 10.2. The third kappa shape index (κ3) is 4.29. The smallest absolute Gasteiger partial charge is 0.322 e. The first-order valence-corrected chi connectivity index (χ1v) is 7.70. The average molecular weight is 335 g/mol. The zero-order chi connectivity index (χ0) is 17.6. The molecule has 3 aromatic rings. The molecule has 1 aromatic carbocycles. The van der Waals surface area contributed by atoms with Crippen molar-refractivity contribution in [2.45, 2.75) is 6.92 Å². The van der Waals surface area contributed by atoms with E-state index in [4.69, 9.17) is 5.11 Å². The highest BCUT2D eigenvalue weighted by atomic mass is 16.4. The van der Waals surface area contributed by atoms with Gasteiger partial charge in [0.25, 0.3) is 0 Å². The number of aromatic nitrogens is 3. The molecule has 126 valence electrons. The molecule has 0 atom stereocenters. The Kier molecular flexibility index (Phi) is 4.84. The van der Waals surface area contributed by atoms with E-state index >= 15 is 0 Å². The van der Waals surface area contributed by atoms with Crippen LogP contribution in [0.2, 0.25) is 0 Å². The highest BCUT2D eigenvalue weighted by Crippen LogP contribution is 2.23. The van der Waals surface area contributed by atoms with Crippen molar-refractivity contribution in [3.8, 4) is 11.4 Å². The van der Waals surface area contributed by atoms with Crippen molar-refractivity contribution in [3.63, 3.8) is 0 Å². The molecule has 3 N–H and O–H groups in total. The summed E-state index contributed by atoms with van der Waals surface area (Å²) in [7, 11) is 0. The van der Waals surface area contributed by atoms with Crippen LogP contribution in [0, 0.1) is 6.92 Å². The normalized spacial score (nSPS) is 10.3. The number of aliphatic carboxylic acids is 1. The van der Waals surface area contributed by atoms with Crippen LogP contribution in [0.25, 0.3) is 11.4 Å². The van der Waals surface area contributed by atoms with Crippen molar-refractivity contribution in [2.24, 2.45) is 0 Å². The van der Waals surface area contributed by atoms with Crippen molar-refractivity contribution in [3.05, 3.63) is 60.3 Å². The predicted octanol–water partition coefficient (Wildman–Crippen LogP) is 3.09. The molecule has 2 heterocycles. The van der Waals surface area contributed by atoms with Crippen molar-refractivity contribution in [1.82, 2.24) is 15.0 Å². The van der Waals surface area contributed by atoms with Gasteiger partial charge in [-0.2, -0.15) is 4.98 Å². The molecule has 0 unspecified atom stereocenters. The maximum absolute atomic E-state index is 10.8. The maximum atomic E-state index is 10.8. The van der Waals surface area contributed by atoms with Gasteiger partial charge in [-0.1, -0.05) is 24.3 Å². The molecule has 7 heteroatoms. The Morgan fingerprint density at radius 2 is 1.88 bits per heavy atom. The molecule has 0 amide bonds. The summed E-state index contributed by atoms with van der Waals surface area (Å²) in [4.78, 5) is 23.8. The van der Waals surface area contributed by atoms with Gasteiger partial charge in [-0.05, 0) is 30.7 Å².